The second-order valence-corrected chi connectivity index (χ2v) is 4.27. The molecule has 0 aromatic heterocycles. The third-order valence-corrected chi connectivity index (χ3v) is 2.11. The largest absolute Gasteiger partial charge is 0.508 e. The lowest BCUT2D eigenvalue weighted by Crippen LogP contribution is -2.27. The quantitative estimate of drug-likeness (QED) is 0.789. The monoisotopic (exact) mass is 204 g/mol. The zero-order valence-electron chi connectivity index (χ0n) is 9.12. The van der Waals surface area contributed by atoms with E-state index in [4.69, 9.17) is 5.26 Å². The van der Waals surface area contributed by atoms with Gasteiger partial charge in [0.25, 0.3) is 0 Å². The fourth-order valence-corrected chi connectivity index (χ4v) is 1.23. The molecule has 0 fully saturated rings. The third-order valence-electron chi connectivity index (χ3n) is 2.11. The van der Waals surface area contributed by atoms with E-state index in [9.17, 15) is 5.11 Å². The van der Waals surface area contributed by atoms with Gasteiger partial charge in [-0.3, -0.25) is 0 Å². The number of aromatic hydroxyl groups is 1. The van der Waals surface area contributed by atoms with Gasteiger partial charge in [-0.15, -0.1) is 0 Å². The van der Waals surface area contributed by atoms with Crippen molar-refractivity contribution in [2.75, 3.05) is 6.54 Å². The van der Waals surface area contributed by atoms with Gasteiger partial charge in [-0.25, -0.2) is 0 Å². The molecule has 0 radical (unpaired) electrons. The summed E-state index contributed by atoms with van der Waals surface area (Å²) in [7, 11) is 0. The van der Waals surface area contributed by atoms with Crippen molar-refractivity contribution >= 4 is 0 Å². The van der Waals surface area contributed by atoms with E-state index in [0.717, 1.165) is 5.56 Å². The smallest absolute Gasteiger partial charge is 0.115 e. The van der Waals surface area contributed by atoms with E-state index in [-0.39, 0.29) is 11.2 Å². The average Bonchev–Trinajstić information content (AvgIpc) is 2.18. The predicted octanol–water partition coefficient (Wildman–Crippen LogP) is 2.03. The molecule has 0 unspecified atom stereocenters. The van der Waals surface area contributed by atoms with E-state index in [1.165, 1.54) is 0 Å². The lowest BCUT2D eigenvalue weighted by molar-refractivity contribution is 0.443. The molecule has 3 heteroatoms. The van der Waals surface area contributed by atoms with Crippen LogP contribution in [0.15, 0.2) is 24.3 Å². The third kappa shape index (κ3) is 4.01. The molecule has 0 bridgehead atoms. The van der Waals surface area contributed by atoms with E-state index in [1.54, 1.807) is 12.1 Å². The summed E-state index contributed by atoms with van der Waals surface area (Å²) >= 11 is 0. The minimum Gasteiger partial charge on any atom is -0.508 e. The number of nitriles is 1. The molecule has 0 aliphatic carbocycles. The Labute approximate surface area is 90.4 Å². The number of hydrogen-bond acceptors (Lipinski definition) is 3. The molecule has 1 aromatic carbocycles. The van der Waals surface area contributed by atoms with Crippen LogP contribution in [0.25, 0.3) is 0 Å². The fourth-order valence-electron chi connectivity index (χ4n) is 1.23. The Balaban J connectivity index is 2.42. The summed E-state index contributed by atoms with van der Waals surface area (Å²) in [5.41, 5.74) is 0.667. The van der Waals surface area contributed by atoms with Crippen LogP contribution in [0.5, 0.6) is 5.75 Å². The van der Waals surface area contributed by atoms with Crippen molar-refractivity contribution in [1.82, 2.24) is 5.32 Å². The molecule has 0 saturated heterocycles. The standard InChI is InChI=1S/C12H16N2O/c1-12(2,8-13)9-14-7-10-4-3-5-11(15)6-10/h3-6,14-15H,7,9H2,1-2H3. The second-order valence-electron chi connectivity index (χ2n) is 4.27. The van der Waals surface area contributed by atoms with Crippen LogP contribution in [0.3, 0.4) is 0 Å². The van der Waals surface area contributed by atoms with Gasteiger partial charge in [0.15, 0.2) is 0 Å². The molecule has 0 atom stereocenters. The van der Waals surface area contributed by atoms with Gasteiger partial charge in [-0.05, 0) is 31.5 Å². The molecule has 0 heterocycles. The van der Waals surface area contributed by atoms with Gasteiger partial charge >= 0.3 is 0 Å². The minimum atomic E-state index is -0.350. The van der Waals surface area contributed by atoms with Gasteiger partial charge in [0.1, 0.15) is 5.75 Å². The van der Waals surface area contributed by atoms with Crippen LogP contribution in [-0.4, -0.2) is 11.7 Å². The molecule has 3 nitrogen and oxygen atoms in total. The molecule has 1 aromatic rings. The fraction of sp³-hybridized carbons (Fsp3) is 0.417. The highest BCUT2D eigenvalue weighted by Crippen LogP contribution is 2.13. The van der Waals surface area contributed by atoms with Crippen molar-refractivity contribution in [3.05, 3.63) is 29.8 Å². The van der Waals surface area contributed by atoms with Crippen LogP contribution in [0.2, 0.25) is 0 Å². The number of benzene rings is 1. The molecule has 0 aliphatic rings. The molecular formula is C12H16N2O. The first-order valence-electron chi connectivity index (χ1n) is 4.93. The van der Waals surface area contributed by atoms with Gasteiger partial charge in [0.2, 0.25) is 0 Å². The van der Waals surface area contributed by atoms with E-state index in [2.05, 4.69) is 11.4 Å². The van der Waals surface area contributed by atoms with E-state index in [0.29, 0.717) is 13.1 Å². The summed E-state index contributed by atoms with van der Waals surface area (Å²) in [5, 5.41) is 21.2. The Hall–Kier alpha value is -1.53. The molecule has 0 spiro atoms. The van der Waals surface area contributed by atoms with Crippen LogP contribution < -0.4 is 5.32 Å². The SMILES string of the molecule is CC(C)(C#N)CNCc1cccc(O)c1. The predicted molar refractivity (Wildman–Crippen MR) is 59.2 cm³/mol. The maximum absolute atomic E-state index is 9.24. The van der Waals surface area contributed by atoms with Crippen LogP contribution in [0, 0.1) is 16.7 Å². The summed E-state index contributed by atoms with van der Waals surface area (Å²) in [6.45, 7) is 5.09. The molecule has 80 valence electrons. The number of phenols is 1. The topological polar surface area (TPSA) is 56.0 Å². The van der Waals surface area contributed by atoms with Gasteiger partial charge < -0.3 is 10.4 Å². The van der Waals surface area contributed by atoms with Crippen LogP contribution in [0.4, 0.5) is 0 Å². The molecule has 15 heavy (non-hydrogen) atoms. The molecule has 2 N–H and O–H groups in total. The Morgan fingerprint density at radius 3 is 2.80 bits per heavy atom. The summed E-state index contributed by atoms with van der Waals surface area (Å²) in [5.74, 6) is 0.272. The van der Waals surface area contributed by atoms with E-state index >= 15 is 0 Å². The number of hydrogen-bond donors (Lipinski definition) is 2. The zero-order chi connectivity index (χ0) is 11.3. The second kappa shape index (κ2) is 4.81. The highest BCUT2D eigenvalue weighted by molar-refractivity contribution is 5.26. The summed E-state index contributed by atoms with van der Waals surface area (Å²) in [6, 6.07) is 9.33. The number of rotatable bonds is 4. The van der Waals surface area contributed by atoms with Crippen LogP contribution in [-0.2, 0) is 6.54 Å². The van der Waals surface area contributed by atoms with Crippen molar-refractivity contribution in [2.45, 2.75) is 20.4 Å². The lowest BCUT2D eigenvalue weighted by atomic mass is 9.96. The van der Waals surface area contributed by atoms with E-state index < -0.39 is 0 Å². The summed E-state index contributed by atoms with van der Waals surface area (Å²) in [4.78, 5) is 0. The van der Waals surface area contributed by atoms with Crippen molar-refractivity contribution in [3.63, 3.8) is 0 Å². The highest BCUT2D eigenvalue weighted by Gasteiger charge is 2.15. The molecule has 0 aliphatic heterocycles. The first-order valence-corrected chi connectivity index (χ1v) is 4.93. The number of nitrogens with zero attached hydrogens (tertiary/aromatic N) is 1. The Morgan fingerprint density at radius 2 is 2.20 bits per heavy atom. The maximum Gasteiger partial charge on any atom is 0.115 e. The molecular weight excluding hydrogens is 188 g/mol. The van der Waals surface area contributed by atoms with Crippen molar-refractivity contribution in [1.29, 1.82) is 5.26 Å². The average molecular weight is 204 g/mol. The van der Waals surface area contributed by atoms with Crippen molar-refractivity contribution in [2.24, 2.45) is 5.41 Å². The Morgan fingerprint density at radius 1 is 1.47 bits per heavy atom. The summed E-state index contributed by atoms with van der Waals surface area (Å²) in [6.07, 6.45) is 0. The maximum atomic E-state index is 9.24. The van der Waals surface area contributed by atoms with Crippen molar-refractivity contribution < 1.29 is 5.11 Å². The normalized spacial score (nSPS) is 11.0. The highest BCUT2D eigenvalue weighted by atomic mass is 16.3. The lowest BCUT2D eigenvalue weighted by Gasteiger charge is -2.15. The first kappa shape index (κ1) is 11.5. The van der Waals surface area contributed by atoms with Gasteiger partial charge in [0.05, 0.1) is 11.5 Å². The van der Waals surface area contributed by atoms with Crippen LogP contribution >= 0.6 is 0 Å². The van der Waals surface area contributed by atoms with E-state index in [1.807, 2.05) is 26.0 Å². The van der Waals surface area contributed by atoms with Gasteiger partial charge in [0, 0.05) is 13.1 Å². The van der Waals surface area contributed by atoms with Gasteiger partial charge in [-0.1, -0.05) is 12.1 Å². The number of nitrogens with one attached hydrogen (secondary N) is 1. The zero-order valence-corrected chi connectivity index (χ0v) is 9.12. The Kier molecular flexibility index (Phi) is 3.70. The van der Waals surface area contributed by atoms with Crippen LogP contribution in [0.1, 0.15) is 19.4 Å². The molecule has 0 amide bonds. The number of phenolic OH excluding ortho intramolecular Hbond substituents is 1. The summed E-state index contributed by atoms with van der Waals surface area (Å²) < 4.78 is 0. The Bertz CT molecular complexity index is 366. The molecule has 0 saturated carbocycles. The molecule has 1 rings (SSSR count). The van der Waals surface area contributed by atoms with Crippen molar-refractivity contribution in [3.8, 4) is 11.8 Å². The van der Waals surface area contributed by atoms with Gasteiger partial charge in [-0.2, -0.15) is 5.26 Å². The minimum absolute atomic E-state index is 0.272. The first-order chi connectivity index (χ1) is 7.03.